The van der Waals surface area contributed by atoms with Crippen LogP contribution in [0.15, 0.2) is 23.5 Å². The van der Waals surface area contributed by atoms with E-state index >= 15 is 0 Å². The molecule has 1 aliphatic rings. The minimum Gasteiger partial charge on any atom is -0.0927 e. The Morgan fingerprint density at radius 3 is 1.88 bits per heavy atom. The lowest BCUT2D eigenvalue weighted by Crippen LogP contribution is -2.21. The Morgan fingerprint density at radius 1 is 0.941 bits per heavy atom. The van der Waals surface area contributed by atoms with Crippen LogP contribution in [-0.4, -0.2) is 29.3 Å². The molecule has 0 saturated carbocycles. The number of hydrogen-bond donors (Lipinski definition) is 0. The number of hydrogen-bond acceptors (Lipinski definition) is 0. The molecule has 0 aromatic heterocycles. The summed E-state index contributed by atoms with van der Waals surface area (Å²) in [6.45, 7) is 19.2. The van der Waals surface area contributed by atoms with E-state index in [1.54, 1.807) is 5.31 Å². The Labute approximate surface area is 110 Å². The van der Waals surface area contributed by atoms with E-state index in [4.69, 9.17) is 0 Å². The summed E-state index contributed by atoms with van der Waals surface area (Å²) in [6, 6.07) is 0. The Hall–Kier alpha value is 0.340. The third-order valence-electron chi connectivity index (χ3n) is 3.73. The van der Waals surface area contributed by atoms with Crippen molar-refractivity contribution in [3.05, 3.63) is 23.5 Å². The lowest BCUT2D eigenvalue weighted by molar-refractivity contribution is 0.777. The molecular weight excluding hydrogens is 242 g/mol. The second kappa shape index (κ2) is 5.14. The van der Waals surface area contributed by atoms with E-state index in [2.05, 4.69) is 73.1 Å². The third kappa shape index (κ3) is 3.65. The summed E-state index contributed by atoms with van der Waals surface area (Å²) in [6.07, 6.45) is 7.12. The van der Waals surface area contributed by atoms with Crippen LogP contribution in [0.4, 0.5) is 0 Å². The van der Waals surface area contributed by atoms with Gasteiger partial charge >= 0.3 is 0 Å². The molecule has 0 N–H and O–H groups in total. The van der Waals surface area contributed by atoms with E-state index in [1.165, 1.54) is 0 Å². The highest BCUT2D eigenvalue weighted by atomic mass is 31.1. The maximum atomic E-state index is 2.47. The van der Waals surface area contributed by atoms with Crippen molar-refractivity contribution in [2.24, 2.45) is 0 Å². The molecule has 17 heavy (non-hydrogen) atoms. The standard InChI is InChI=1S/C15H28P2/c1-14(2,3)16(7)12-10-9-11-13(12)17(8)15(4,5)6/h9-12H,1-8H3. The highest BCUT2D eigenvalue weighted by molar-refractivity contribution is 7.66. The first-order valence-electron chi connectivity index (χ1n) is 6.40. The van der Waals surface area contributed by atoms with Crippen LogP contribution in [0, 0.1) is 0 Å². The van der Waals surface area contributed by atoms with Crippen molar-refractivity contribution < 1.29 is 0 Å². The van der Waals surface area contributed by atoms with Crippen LogP contribution in [0.1, 0.15) is 41.5 Å². The summed E-state index contributed by atoms with van der Waals surface area (Å²) in [4.78, 5) is 0. The van der Waals surface area contributed by atoms with Gasteiger partial charge in [-0.25, -0.2) is 0 Å². The molecule has 0 aromatic carbocycles. The molecule has 0 nitrogen and oxygen atoms in total. The molecule has 0 heterocycles. The van der Waals surface area contributed by atoms with Crippen molar-refractivity contribution in [2.75, 3.05) is 13.3 Å². The molecule has 1 aliphatic carbocycles. The zero-order valence-corrected chi connectivity index (χ0v) is 14.5. The molecule has 3 unspecified atom stereocenters. The molecule has 98 valence electrons. The van der Waals surface area contributed by atoms with Gasteiger partial charge in [0.2, 0.25) is 0 Å². The normalized spacial score (nSPS) is 24.7. The van der Waals surface area contributed by atoms with E-state index in [-0.39, 0.29) is 15.8 Å². The highest BCUT2D eigenvalue weighted by Gasteiger charge is 2.34. The fourth-order valence-corrected chi connectivity index (χ4v) is 6.18. The van der Waals surface area contributed by atoms with Gasteiger partial charge in [-0.1, -0.05) is 75.6 Å². The van der Waals surface area contributed by atoms with Gasteiger partial charge in [0.05, 0.1) is 0 Å². The van der Waals surface area contributed by atoms with Crippen molar-refractivity contribution in [1.82, 2.24) is 0 Å². The summed E-state index contributed by atoms with van der Waals surface area (Å²) in [5.74, 6) is 0. The van der Waals surface area contributed by atoms with Crippen molar-refractivity contribution in [1.29, 1.82) is 0 Å². The molecule has 3 atom stereocenters. The summed E-state index contributed by atoms with van der Waals surface area (Å²) in [7, 11) is -0.00739. The average Bonchev–Trinajstić information content (AvgIpc) is 2.60. The van der Waals surface area contributed by atoms with Crippen molar-refractivity contribution in [2.45, 2.75) is 57.5 Å². The lowest BCUT2D eigenvalue weighted by Gasteiger charge is -2.38. The molecule has 0 radical (unpaired) electrons. The van der Waals surface area contributed by atoms with E-state index in [0.29, 0.717) is 10.3 Å². The molecule has 0 bridgehead atoms. The van der Waals surface area contributed by atoms with Gasteiger partial charge in [0.25, 0.3) is 0 Å². The quantitative estimate of drug-likeness (QED) is 0.570. The van der Waals surface area contributed by atoms with E-state index in [1.807, 2.05) is 0 Å². The van der Waals surface area contributed by atoms with Gasteiger partial charge in [0, 0.05) is 5.66 Å². The van der Waals surface area contributed by atoms with Crippen LogP contribution in [0.25, 0.3) is 0 Å². The zero-order valence-electron chi connectivity index (χ0n) is 12.7. The SMILES string of the molecule is CP(C1=CC=CC1P(C)C(C)(C)C)C(C)(C)C. The smallest absolute Gasteiger partial charge is 0.0230 e. The average molecular weight is 270 g/mol. The summed E-state index contributed by atoms with van der Waals surface area (Å²) in [5, 5.41) is 2.59. The van der Waals surface area contributed by atoms with Crippen LogP contribution in [0.3, 0.4) is 0 Å². The van der Waals surface area contributed by atoms with Crippen LogP contribution < -0.4 is 0 Å². The first kappa shape index (κ1) is 15.4. The van der Waals surface area contributed by atoms with Gasteiger partial charge < -0.3 is 0 Å². The Bertz CT molecular complexity index is 326. The monoisotopic (exact) mass is 270 g/mol. The first-order valence-corrected chi connectivity index (χ1v) is 10.0. The van der Waals surface area contributed by atoms with Crippen LogP contribution in [-0.2, 0) is 0 Å². The molecule has 0 amide bonds. The zero-order chi connectivity index (χ0) is 13.4. The van der Waals surface area contributed by atoms with Crippen LogP contribution in [0.5, 0.6) is 0 Å². The summed E-state index contributed by atoms with van der Waals surface area (Å²) in [5.41, 5.74) is 0.723. The van der Waals surface area contributed by atoms with Crippen molar-refractivity contribution >= 4 is 15.8 Å². The van der Waals surface area contributed by atoms with Crippen molar-refractivity contribution in [3.63, 3.8) is 0 Å². The summed E-state index contributed by atoms with van der Waals surface area (Å²) < 4.78 is 0. The predicted molar refractivity (Wildman–Crippen MR) is 86.2 cm³/mol. The van der Waals surface area contributed by atoms with E-state index < -0.39 is 0 Å². The van der Waals surface area contributed by atoms with E-state index in [0.717, 1.165) is 5.66 Å². The van der Waals surface area contributed by atoms with Gasteiger partial charge in [-0.2, -0.15) is 0 Å². The molecule has 0 aliphatic heterocycles. The molecule has 0 aromatic rings. The minimum atomic E-state index is -0.0268. The Morgan fingerprint density at radius 2 is 1.47 bits per heavy atom. The van der Waals surface area contributed by atoms with E-state index in [9.17, 15) is 0 Å². The molecular formula is C15H28P2. The molecule has 0 fully saturated rings. The molecule has 0 saturated heterocycles. The van der Waals surface area contributed by atoms with Gasteiger partial charge in [-0.3, -0.25) is 0 Å². The fourth-order valence-electron chi connectivity index (χ4n) is 1.90. The fraction of sp³-hybridized carbons (Fsp3) is 0.733. The molecule has 1 rings (SSSR count). The summed E-state index contributed by atoms with van der Waals surface area (Å²) >= 11 is 0. The molecule has 2 heteroatoms. The maximum absolute atomic E-state index is 2.47. The van der Waals surface area contributed by atoms with Crippen LogP contribution >= 0.6 is 15.8 Å². The topological polar surface area (TPSA) is 0 Å². The largest absolute Gasteiger partial charge is 0.0927 e. The second-order valence-corrected chi connectivity index (χ2v) is 13.0. The highest BCUT2D eigenvalue weighted by Crippen LogP contribution is 2.64. The van der Waals surface area contributed by atoms with Gasteiger partial charge in [-0.15, -0.1) is 0 Å². The number of rotatable bonds is 2. The van der Waals surface area contributed by atoms with Gasteiger partial charge in [0.1, 0.15) is 0 Å². The second-order valence-electron chi connectivity index (χ2n) is 6.93. The Balaban J connectivity index is 2.90. The lowest BCUT2D eigenvalue weighted by atomic mass is 10.3. The minimum absolute atomic E-state index is 0.0195. The maximum Gasteiger partial charge on any atom is 0.0230 e. The van der Waals surface area contributed by atoms with Crippen LogP contribution in [0.2, 0.25) is 0 Å². The Kier molecular flexibility index (Phi) is 4.66. The van der Waals surface area contributed by atoms with Gasteiger partial charge in [0.15, 0.2) is 0 Å². The first-order chi connectivity index (χ1) is 7.55. The van der Waals surface area contributed by atoms with Gasteiger partial charge in [-0.05, 0) is 29.0 Å². The van der Waals surface area contributed by atoms with Crippen molar-refractivity contribution in [3.8, 4) is 0 Å². The predicted octanol–water partition coefficient (Wildman–Crippen LogP) is 5.63. The number of allylic oxidation sites excluding steroid dienone is 4. The molecule has 0 spiro atoms. The third-order valence-corrected chi connectivity index (χ3v) is 10.6.